The summed E-state index contributed by atoms with van der Waals surface area (Å²) in [5.41, 5.74) is -3.41. The fraction of sp³-hybridized carbons (Fsp3) is 0.556. The Bertz CT molecular complexity index is 1370. The van der Waals surface area contributed by atoms with Gasteiger partial charge in [0.15, 0.2) is 11.9 Å². The van der Waals surface area contributed by atoms with Crippen LogP contribution in [0.15, 0.2) is 47.4 Å². The summed E-state index contributed by atoms with van der Waals surface area (Å²) in [5, 5.41) is 15.8. The van der Waals surface area contributed by atoms with E-state index in [1.165, 1.54) is 31.3 Å². The van der Waals surface area contributed by atoms with Crippen molar-refractivity contribution >= 4 is 25.4 Å². The second-order valence-corrected chi connectivity index (χ2v) is 12.5. The van der Waals surface area contributed by atoms with Crippen LogP contribution < -0.4 is 20.6 Å². The van der Waals surface area contributed by atoms with Crippen LogP contribution in [0, 0.1) is 5.92 Å². The summed E-state index contributed by atoms with van der Waals surface area (Å²) >= 11 is 0. The van der Waals surface area contributed by atoms with Crippen LogP contribution in [0.3, 0.4) is 0 Å². The maximum absolute atomic E-state index is 15.8. The highest BCUT2D eigenvalue weighted by atomic mass is 31.2. The summed E-state index contributed by atoms with van der Waals surface area (Å²) in [6.07, 6.45) is -1.58. The molecule has 42 heavy (non-hydrogen) atoms. The lowest BCUT2D eigenvalue weighted by Gasteiger charge is -2.26. The number of alkyl halides is 1. The largest absolute Gasteiger partial charge is 0.462 e. The molecule has 1 aliphatic carbocycles. The third-order valence-electron chi connectivity index (χ3n) is 6.96. The van der Waals surface area contributed by atoms with Crippen LogP contribution in [-0.2, 0) is 28.2 Å². The molecule has 1 aromatic carbocycles. The van der Waals surface area contributed by atoms with E-state index in [1.807, 2.05) is 0 Å². The molecule has 0 unspecified atom stereocenters. The van der Waals surface area contributed by atoms with Gasteiger partial charge in [-0.05, 0) is 58.7 Å². The van der Waals surface area contributed by atoms with Gasteiger partial charge in [0.05, 0.1) is 12.7 Å². The van der Waals surface area contributed by atoms with Crippen molar-refractivity contribution in [2.75, 3.05) is 11.9 Å². The molecule has 3 N–H and O–H groups in total. The normalized spacial score (nSPS) is 26.2. The molecule has 1 aromatic heterocycles. The van der Waals surface area contributed by atoms with E-state index in [-0.39, 0.29) is 23.4 Å². The van der Waals surface area contributed by atoms with E-state index < -0.39 is 62.3 Å². The van der Waals surface area contributed by atoms with E-state index in [1.54, 1.807) is 32.0 Å². The minimum atomic E-state index is -4.33. The number of carbonyl (C=O) groups excluding carboxylic acids is 2. The molecule has 1 amide bonds. The van der Waals surface area contributed by atoms with Crippen molar-refractivity contribution < 1.29 is 42.2 Å². The van der Waals surface area contributed by atoms with Crippen LogP contribution in [-0.4, -0.2) is 63.2 Å². The molecular formula is C27H36FN4O9P. The van der Waals surface area contributed by atoms with Crippen molar-refractivity contribution in [3.63, 3.8) is 0 Å². The van der Waals surface area contributed by atoms with Crippen molar-refractivity contribution in [3.8, 4) is 5.75 Å². The van der Waals surface area contributed by atoms with E-state index >= 15 is 4.39 Å². The monoisotopic (exact) mass is 610 g/mol. The highest BCUT2D eigenvalue weighted by molar-refractivity contribution is 7.52. The SMILES string of the molecule is CC(C)OC(=O)[C@H](C)N[P@](=O)(OC[C@H]1O[C@@H](n2ccc(NC(=O)C3CCC3)nc2=O)[C@](C)(F)[C@@H]1O)Oc1ccccc1. The van der Waals surface area contributed by atoms with Gasteiger partial charge in [-0.15, -0.1) is 0 Å². The van der Waals surface area contributed by atoms with Crippen molar-refractivity contribution in [3.05, 3.63) is 53.1 Å². The number of aromatic nitrogens is 2. The number of halogens is 1. The number of nitrogens with zero attached hydrogens (tertiary/aromatic N) is 2. The fourth-order valence-electron chi connectivity index (χ4n) is 4.42. The second kappa shape index (κ2) is 13.0. The molecule has 2 aromatic rings. The summed E-state index contributed by atoms with van der Waals surface area (Å²) in [7, 11) is -4.33. The molecule has 230 valence electrons. The van der Waals surface area contributed by atoms with Crippen LogP contribution in [0.5, 0.6) is 5.75 Å². The lowest BCUT2D eigenvalue weighted by atomic mass is 9.85. The third-order valence-corrected chi connectivity index (χ3v) is 8.61. The van der Waals surface area contributed by atoms with Crippen molar-refractivity contribution in [2.45, 2.75) is 83.2 Å². The smallest absolute Gasteiger partial charge is 0.459 e. The van der Waals surface area contributed by atoms with Gasteiger partial charge < -0.3 is 24.4 Å². The number of anilines is 1. The predicted molar refractivity (Wildman–Crippen MR) is 148 cm³/mol. The maximum atomic E-state index is 15.8. The number of amides is 1. The standard InChI is InChI=1S/C27H36FN4O9P/c1-16(2)39-24(35)17(3)31-42(37,41-19-11-6-5-7-12-19)38-15-20-22(33)27(4,28)25(40-20)32-14-13-21(30-26(32)36)29-23(34)18-9-8-10-18/h5-7,11-14,16-18,20,22,25,33H,8-10,15H2,1-4H3,(H,31,37)(H,29,30,34,36)/t17-,20+,22+,25+,27+,42-/m0/s1. The lowest BCUT2D eigenvalue weighted by molar-refractivity contribution is -0.149. The molecule has 2 heterocycles. The average Bonchev–Trinajstić information content (AvgIpc) is 3.10. The number of aliphatic hydroxyl groups excluding tert-OH is 1. The molecule has 2 aliphatic rings. The minimum Gasteiger partial charge on any atom is -0.462 e. The van der Waals surface area contributed by atoms with Gasteiger partial charge in [-0.25, -0.2) is 13.8 Å². The van der Waals surface area contributed by atoms with Crippen molar-refractivity contribution in [1.82, 2.24) is 14.6 Å². The highest BCUT2D eigenvalue weighted by Gasteiger charge is 2.56. The molecule has 1 saturated carbocycles. The molecule has 0 bridgehead atoms. The van der Waals surface area contributed by atoms with Gasteiger partial charge in [0.25, 0.3) is 0 Å². The lowest BCUT2D eigenvalue weighted by Crippen LogP contribution is -2.43. The zero-order valence-corrected chi connectivity index (χ0v) is 24.7. The first-order chi connectivity index (χ1) is 19.8. The highest BCUT2D eigenvalue weighted by Crippen LogP contribution is 2.47. The number of aliphatic hydroxyl groups is 1. The van der Waals surface area contributed by atoms with Crippen molar-refractivity contribution in [1.29, 1.82) is 0 Å². The number of carbonyl (C=O) groups is 2. The van der Waals surface area contributed by atoms with Crippen LogP contribution in [0.1, 0.15) is 53.2 Å². The number of nitrogens with one attached hydrogen (secondary N) is 2. The maximum Gasteiger partial charge on any atom is 0.459 e. The van der Waals surface area contributed by atoms with Gasteiger partial charge >= 0.3 is 19.4 Å². The number of esters is 1. The number of hydrogen-bond acceptors (Lipinski definition) is 10. The Morgan fingerprint density at radius 3 is 2.52 bits per heavy atom. The topological polar surface area (TPSA) is 167 Å². The molecule has 2 fully saturated rings. The van der Waals surface area contributed by atoms with E-state index in [4.69, 9.17) is 18.5 Å². The molecule has 15 heteroatoms. The summed E-state index contributed by atoms with van der Waals surface area (Å²) in [6, 6.07) is 8.22. The Hall–Kier alpha value is -3.16. The van der Waals surface area contributed by atoms with Gasteiger partial charge in [-0.3, -0.25) is 18.7 Å². The number of ether oxygens (including phenoxy) is 2. The van der Waals surface area contributed by atoms with Crippen LogP contribution in [0.2, 0.25) is 0 Å². The quantitative estimate of drug-likeness (QED) is 0.239. The minimum absolute atomic E-state index is 0.0160. The Morgan fingerprint density at radius 1 is 1.24 bits per heavy atom. The Kier molecular flexibility index (Phi) is 9.84. The van der Waals surface area contributed by atoms with Crippen molar-refractivity contribution in [2.24, 2.45) is 5.92 Å². The third kappa shape index (κ3) is 7.42. The molecule has 0 spiro atoms. The zero-order valence-electron chi connectivity index (χ0n) is 23.8. The molecular weight excluding hydrogens is 574 g/mol. The second-order valence-electron chi connectivity index (χ2n) is 10.8. The summed E-state index contributed by atoms with van der Waals surface area (Å²) in [6.45, 7) is 5.12. The first-order valence-corrected chi connectivity index (χ1v) is 15.2. The van der Waals surface area contributed by atoms with E-state index in [9.17, 15) is 24.1 Å². The predicted octanol–water partition coefficient (Wildman–Crippen LogP) is 3.10. The summed E-state index contributed by atoms with van der Waals surface area (Å²) in [5.74, 6) is -0.910. The fourth-order valence-corrected chi connectivity index (χ4v) is 5.92. The van der Waals surface area contributed by atoms with Gasteiger partial charge in [0, 0.05) is 12.1 Å². The van der Waals surface area contributed by atoms with Crippen LogP contribution in [0.4, 0.5) is 10.2 Å². The molecule has 4 rings (SSSR count). The van der Waals surface area contributed by atoms with Gasteiger partial charge in [-0.2, -0.15) is 10.1 Å². The first kappa shape index (κ1) is 31.8. The van der Waals surface area contributed by atoms with E-state index in [0.29, 0.717) is 0 Å². The van der Waals surface area contributed by atoms with E-state index in [0.717, 1.165) is 30.8 Å². The number of benzene rings is 1. The number of rotatable bonds is 12. The number of hydrogen-bond donors (Lipinski definition) is 3. The van der Waals surface area contributed by atoms with Crippen LogP contribution in [0.25, 0.3) is 0 Å². The molecule has 6 atom stereocenters. The average molecular weight is 611 g/mol. The molecule has 0 radical (unpaired) electrons. The van der Waals surface area contributed by atoms with Gasteiger partial charge in [0.1, 0.15) is 29.8 Å². The summed E-state index contributed by atoms with van der Waals surface area (Å²) < 4.78 is 52.3. The van der Waals surface area contributed by atoms with E-state index in [2.05, 4.69) is 15.4 Å². The first-order valence-electron chi connectivity index (χ1n) is 13.7. The molecule has 1 saturated heterocycles. The number of para-hydroxylation sites is 1. The molecule has 13 nitrogen and oxygen atoms in total. The Balaban J connectivity index is 1.48. The van der Waals surface area contributed by atoms with Crippen LogP contribution >= 0.6 is 7.75 Å². The Morgan fingerprint density at radius 2 is 1.93 bits per heavy atom. The summed E-state index contributed by atoms with van der Waals surface area (Å²) in [4.78, 5) is 41.1. The van der Waals surface area contributed by atoms with Gasteiger partial charge in [0.2, 0.25) is 5.91 Å². The van der Waals surface area contributed by atoms with Gasteiger partial charge in [-0.1, -0.05) is 24.6 Å². The zero-order chi connectivity index (χ0) is 30.7. The molecule has 1 aliphatic heterocycles. The Labute approximate surface area is 242 Å².